The summed E-state index contributed by atoms with van der Waals surface area (Å²) in [6.07, 6.45) is -0.279. The molecule has 12 nitrogen and oxygen atoms in total. The fraction of sp³-hybridized carbons (Fsp3) is 0.450. The van der Waals surface area contributed by atoms with E-state index in [0.717, 1.165) is 5.56 Å². The molecule has 4 amide bonds. The third-order valence-electron chi connectivity index (χ3n) is 4.50. The van der Waals surface area contributed by atoms with Crippen molar-refractivity contribution >= 4 is 29.6 Å². The molecule has 32 heavy (non-hydrogen) atoms. The first-order valence-corrected chi connectivity index (χ1v) is 9.87. The molecule has 1 aromatic carbocycles. The molecule has 1 rings (SSSR count). The largest absolute Gasteiger partial charge is 0.480 e. The monoisotopic (exact) mass is 451 g/mol. The van der Waals surface area contributed by atoms with Crippen LogP contribution in [0, 0.1) is 0 Å². The maximum absolute atomic E-state index is 12.3. The molecule has 9 N–H and O–H groups in total. The number of aliphatic hydroxyl groups is 1. The van der Waals surface area contributed by atoms with Gasteiger partial charge in [0.15, 0.2) is 0 Å². The van der Waals surface area contributed by atoms with Crippen LogP contribution in [-0.4, -0.2) is 70.6 Å². The van der Waals surface area contributed by atoms with Crippen LogP contribution in [0.5, 0.6) is 0 Å². The van der Waals surface area contributed by atoms with Crippen molar-refractivity contribution in [3.8, 4) is 0 Å². The number of nitrogens with one attached hydrogen (secondary N) is 3. The standard InChI is InChI=1S/C20H29N5O7/c1-11(23-18(29)13(21)9-12-5-3-2-4-6-12)17(28)25-15(10-26)19(30)24-14(20(31)32)7-8-16(22)27/h2-6,11,13-15,26H,7-10,21H2,1H3,(H2,22,27)(H,23,29)(H,24,30)(H,25,28)(H,31,32). The summed E-state index contributed by atoms with van der Waals surface area (Å²) in [7, 11) is 0. The number of amides is 4. The summed E-state index contributed by atoms with van der Waals surface area (Å²) in [5.41, 5.74) is 11.7. The van der Waals surface area contributed by atoms with Gasteiger partial charge in [0.1, 0.15) is 18.1 Å². The smallest absolute Gasteiger partial charge is 0.326 e. The van der Waals surface area contributed by atoms with E-state index in [2.05, 4.69) is 16.0 Å². The molecular formula is C20H29N5O7. The van der Waals surface area contributed by atoms with E-state index < -0.39 is 60.4 Å². The van der Waals surface area contributed by atoms with Crippen molar-refractivity contribution < 1.29 is 34.2 Å². The predicted octanol–water partition coefficient (Wildman–Crippen LogP) is -2.63. The van der Waals surface area contributed by atoms with Crippen molar-refractivity contribution in [2.75, 3.05) is 6.61 Å². The topological polar surface area (TPSA) is 214 Å². The molecule has 12 heteroatoms. The van der Waals surface area contributed by atoms with Gasteiger partial charge in [0.05, 0.1) is 12.6 Å². The number of hydrogen-bond donors (Lipinski definition) is 7. The fourth-order valence-corrected chi connectivity index (χ4v) is 2.65. The van der Waals surface area contributed by atoms with E-state index in [1.165, 1.54) is 6.92 Å². The zero-order valence-corrected chi connectivity index (χ0v) is 17.6. The van der Waals surface area contributed by atoms with Crippen LogP contribution in [0.4, 0.5) is 0 Å². The van der Waals surface area contributed by atoms with Gasteiger partial charge in [0.2, 0.25) is 23.6 Å². The van der Waals surface area contributed by atoms with E-state index in [4.69, 9.17) is 16.6 Å². The molecule has 0 saturated heterocycles. The summed E-state index contributed by atoms with van der Waals surface area (Å²) in [5.74, 6) is -4.50. The Bertz CT molecular complexity index is 818. The first kappa shape index (κ1) is 26.5. The van der Waals surface area contributed by atoms with Gasteiger partial charge in [0.25, 0.3) is 0 Å². The zero-order valence-electron chi connectivity index (χ0n) is 17.6. The number of primary amides is 1. The highest BCUT2D eigenvalue weighted by Gasteiger charge is 2.28. The number of hydrogen-bond acceptors (Lipinski definition) is 7. The molecule has 4 unspecified atom stereocenters. The molecule has 0 heterocycles. The highest BCUT2D eigenvalue weighted by molar-refractivity contribution is 5.94. The second-order valence-electron chi connectivity index (χ2n) is 7.17. The van der Waals surface area contributed by atoms with Gasteiger partial charge < -0.3 is 37.6 Å². The second-order valence-corrected chi connectivity index (χ2v) is 7.17. The number of carbonyl (C=O) groups is 5. The Balaban J connectivity index is 2.62. The SMILES string of the molecule is CC(NC(=O)C(N)Cc1ccccc1)C(=O)NC(CO)C(=O)NC(CCC(N)=O)C(=O)O. The minimum atomic E-state index is -1.48. The molecule has 0 saturated carbocycles. The second kappa shape index (κ2) is 13.0. The number of aliphatic hydroxyl groups excluding tert-OH is 1. The average Bonchev–Trinajstić information content (AvgIpc) is 2.74. The Morgan fingerprint density at radius 1 is 0.938 bits per heavy atom. The number of rotatable bonds is 13. The van der Waals surface area contributed by atoms with Gasteiger partial charge >= 0.3 is 5.97 Å². The summed E-state index contributed by atoms with van der Waals surface area (Å²) >= 11 is 0. The van der Waals surface area contributed by atoms with Crippen LogP contribution in [0.25, 0.3) is 0 Å². The normalized spacial score (nSPS) is 14.3. The van der Waals surface area contributed by atoms with Gasteiger partial charge in [-0.25, -0.2) is 4.79 Å². The minimum absolute atomic E-state index is 0.255. The molecule has 0 radical (unpaired) electrons. The summed E-state index contributed by atoms with van der Waals surface area (Å²) < 4.78 is 0. The van der Waals surface area contributed by atoms with Gasteiger partial charge in [0, 0.05) is 6.42 Å². The van der Waals surface area contributed by atoms with E-state index in [-0.39, 0.29) is 19.3 Å². The van der Waals surface area contributed by atoms with Crippen LogP contribution in [0.2, 0.25) is 0 Å². The molecule has 0 aromatic heterocycles. The quantitative estimate of drug-likeness (QED) is 0.168. The lowest BCUT2D eigenvalue weighted by atomic mass is 10.1. The van der Waals surface area contributed by atoms with Crippen LogP contribution < -0.4 is 27.4 Å². The lowest BCUT2D eigenvalue weighted by Crippen LogP contribution is -2.57. The number of benzene rings is 1. The average molecular weight is 451 g/mol. The molecule has 0 aliphatic carbocycles. The van der Waals surface area contributed by atoms with Crippen molar-refractivity contribution in [1.29, 1.82) is 0 Å². The number of carbonyl (C=O) groups excluding carboxylic acids is 4. The van der Waals surface area contributed by atoms with Crippen LogP contribution in [0.3, 0.4) is 0 Å². The number of aliphatic carboxylic acids is 1. The van der Waals surface area contributed by atoms with Crippen molar-refractivity contribution in [2.24, 2.45) is 11.5 Å². The van der Waals surface area contributed by atoms with Crippen LogP contribution in [-0.2, 0) is 30.4 Å². The molecule has 0 aliphatic rings. The molecule has 0 aliphatic heterocycles. The minimum Gasteiger partial charge on any atom is -0.480 e. The summed E-state index contributed by atoms with van der Waals surface area (Å²) in [6.45, 7) is 0.537. The molecule has 1 aromatic rings. The van der Waals surface area contributed by atoms with Gasteiger partial charge in [-0.3, -0.25) is 19.2 Å². The molecule has 0 fully saturated rings. The van der Waals surface area contributed by atoms with Crippen molar-refractivity contribution in [3.05, 3.63) is 35.9 Å². The molecule has 176 valence electrons. The Labute approximate surface area is 184 Å². The van der Waals surface area contributed by atoms with E-state index in [9.17, 15) is 29.1 Å². The van der Waals surface area contributed by atoms with Crippen molar-refractivity contribution in [1.82, 2.24) is 16.0 Å². The molecule has 4 atom stereocenters. The number of carboxylic acid groups (broad SMARTS) is 1. The van der Waals surface area contributed by atoms with E-state index >= 15 is 0 Å². The Kier molecular flexibility index (Phi) is 10.8. The lowest BCUT2D eigenvalue weighted by Gasteiger charge is -2.22. The molecular weight excluding hydrogens is 422 g/mol. The van der Waals surface area contributed by atoms with Gasteiger partial charge in [-0.05, 0) is 25.3 Å². The van der Waals surface area contributed by atoms with Crippen LogP contribution in [0.15, 0.2) is 30.3 Å². The van der Waals surface area contributed by atoms with Gasteiger partial charge in [-0.2, -0.15) is 0 Å². The summed E-state index contributed by atoms with van der Waals surface area (Å²) in [5, 5.41) is 25.3. The maximum atomic E-state index is 12.3. The summed E-state index contributed by atoms with van der Waals surface area (Å²) in [6, 6.07) is 4.14. The number of nitrogens with two attached hydrogens (primary N) is 2. The van der Waals surface area contributed by atoms with E-state index in [1.807, 2.05) is 18.2 Å². The third-order valence-corrected chi connectivity index (χ3v) is 4.50. The highest BCUT2D eigenvalue weighted by atomic mass is 16.4. The predicted molar refractivity (Wildman–Crippen MR) is 113 cm³/mol. The van der Waals surface area contributed by atoms with E-state index in [0.29, 0.717) is 0 Å². The third kappa shape index (κ3) is 9.10. The summed E-state index contributed by atoms with van der Waals surface area (Å²) in [4.78, 5) is 58.9. The van der Waals surface area contributed by atoms with Gasteiger partial charge in [-0.15, -0.1) is 0 Å². The van der Waals surface area contributed by atoms with Crippen molar-refractivity contribution in [3.63, 3.8) is 0 Å². The first-order valence-electron chi connectivity index (χ1n) is 9.87. The first-order chi connectivity index (χ1) is 15.0. The van der Waals surface area contributed by atoms with Crippen molar-refractivity contribution in [2.45, 2.75) is 50.4 Å². The van der Waals surface area contributed by atoms with Gasteiger partial charge in [-0.1, -0.05) is 30.3 Å². The Hall–Kier alpha value is -3.51. The Morgan fingerprint density at radius 3 is 2.06 bits per heavy atom. The molecule has 0 spiro atoms. The van der Waals surface area contributed by atoms with Crippen LogP contribution in [0.1, 0.15) is 25.3 Å². The highest BCUT2D eigenvalue weighted by Crippen LogP contribution is 2.03. The Morgan fingerprint density at radius 2 is 1.53 bits per heavy atom. The molecule has 0 bridgehead atoms. The lowest BCUT2D eigenvalue weighted by molar-refractivity contribution is -0.143. The van der Waals surface area contributed by atoms with E-state index in [1.54, 1.807) is 12.1 Å². The zero-order chi connectivity index (χ0) is 24.3. The number of carboxylic acids is 1. The van der Waals surface area contributed by atoms with Crippen LogP contribution >= 0.6 is 0 Å². The maximum Gasteiger partial charge on any atom is 0.326 e. The fourth-order valence-electron chi connectivity index (χ4n) is 2.65.